The molecule has 2 heteroatoms. The first-order valence-corrected chi connectivity index (χ1v) is 8.75. The fraction of sp³-hybridized carbons (Fsp3) is 0.684. The molecule has 1 unspecified atom stereocenters. The summed E-state index contributed by atoms with van der Waals surface area (Å²) in [6.07, 6.45) is 11.8. The number of ether oxygens (including phenoxy) is 1. The van der Waals surface area contributed by atoms with E-state index in [0.717, 1.165) is 43.6 Å². The molecule has 0 amide bonds. The van der Waals surface area contributed by atoms with Gasteiger partial charge in [-0.2, -0.15) is 0 Å². The van der Waals surface area contributed by atoms with Gasteiger partial charge < -0.3 is 9.84 Å². The number of fused-ring (bicyclic) bond motifs is 1. The Morgan fingerprint density at radius 2 is 1.86 bits per heavy atom. The highest BCUT2D eigenvalue weighted by atomic mass is 16.5. The minimum absolute atomic E-state index is 0.295. The minimum atomic E-state index is -0.295. The summed E-state index contributed by atoms with van der Waals surface area (Å²) in [5.41, 5.74) is 2.32. The number of benzene rings is 1. The molecule has 0 aliphatic heterocycles. The maximum atomic E-state index is 10.0. The van der Waals surface area contributed by atoms with Crippen LogP contribution in [-0.4, -0.2) is 11.7 Å². The van der Waals surface area contributed by atoms with Crippen LogP contribution in [0.5, 0.6) is 5.75 Å². The number of unbranched alkanes of at least 4 members (excludes halogenated alkanes) is 6. The Bertz CT molecular complexity index is 414. The Hall–Kier alpha value is -1.02. The molecule has 2 nitrogen and oxygen atoms in total. The largest absolute Gasteiger partial charge is 0.493 e. The summed E-state index contributed by atoms with van der Waals surface area (Å²) in [5, 5.41) is 10.0. The first kappa shape index (κ1) is 16.4. The molecule has 1 aliphatic carbocycles. The topological polar surface area (TPSA) is 29.5 Å². The number of aliphatic hydroxyl groups excluding tert-OH is 1. The molecule has 0 saturated heterocycles. The van der Waals surface area contributed by atoms with E-state index in [1.165, 1.54) is 44.1 Å². The first-order chi connectivity index (χ1) is 10.3. The van der Waals surface area contributed by atoms with Gasteiger partial charge in [0.25, 0.3) is 0 Å². The molecule has 0 bridgehead atoms. The van der Waals surface area contributed by atoms with Gasteiger partial charge in [-0.15, -0.1) is 0 Å². The van der Waals surface area contributed by atoms with Gasteiger partial charge in [-0.05, 0) is 42.9 Å². The van der Waals surface area contributed by atoms with Crippen LogP contribution in [-0.2, 0) is 6.42 Å². The monoisotopic (exact) mass is 290 g/mol. The highest BCUT2D eigenvalue weighted by Crippen LogP contribution is 2.35. The normalized spacial score (nSPS) is 17.5. The Balaban J connectivity index is 1.70. The molecule has 0 fully saturated rings. The van der Waals surface area contributed by atoms with Crippen molar-refractivity contribution >= 4 is 0 Å². The number of hydrogen-bond acceptors (Lipinski definition) is 2. The second kappa shape index (κ2) is 9.09. The smallest absolute Gasteiger partial charge is 0.122 e. The molecule has 0 aromatic heterocycles. The number of rotatable bonds is 9. The average molecular weight is 290 g/mol. The van der Waals surface area contributed by atoms with Crippen molar-refractivity contribution in [3.8, 4) is 5.75 Å². The summed E-state index contributed by atoms with van der Waals surface area (Å²) in [5.74, 6) is 0.997. The van der Waals surface area contributed by atoms with Gasteiger partial charge >= 0.3 is 0 Å². The van der Waals surface area contributed by atoms with E-state index in [1.807, 2.05) is 12.1 Å². The van der Waals surface area contributed by atoms with Crippen LogP contribution < -0.4 is 4.74 Å². The summed E-state index contributed by atoms with van der Waals surface area (Å²) >= 11 is 0. The van der Waals surface area contributed by atoms with Crippen molar-refractivity contribution in [2.24, 2.45) is 0 Å². The summed E-state index contributed by atoms with van der Waals surface area (Å²) < 4.78 is 5.97. The summed E-state index contributed by atoms with van der Waals surface area (Å²) in [6.45, 7) is 3.06. The number of hydrogen-bond donors (Lipinski definition) is 1. The molecule has 21 heavy (non-hydrogen) atoms. The van der Waals surface area contributed by atoms with E-state index in [-0.39, 0.29) is 6.10 Å². The fourth-order valence-electron chi connectivity index (χ4n) is 3.17. The van der Waals surface area contributed by atoms with Crippen LogP contribution in [0, 0.1) is 0 Å². The lowest BCUT2D eigenvalue weighted by Crippen LogP contribution is -2.11. The van der Waals surface area contributed by atoms with E-state index in [1.54, 1.807) is 0 Å². The zero-order valence-electron chi connectivity index (χ0n) is 13.4. The fourth-order valence-corrected chi connectivity index (χ4v) is 3.17. The highest BCUT2D eigenvalue weighted by molar-refractivity contribution is 5.42. The van der Waals surface area contributed by atoms with Crippen molar-refractivity contribution < 1.29 is 9.84 Å². The van der Waals surface area contributed by atoms with Crippen LogP contribution in [0.1, 0.15) is 81.9 Å². The van der Waals surface area contributed by atoms with Crippen molar-refractivity contribution in [3.63, 3.8) is 0 Å². The standard InChI is InChI=1S/C19H30O2/c1-2-3-4-5-6-7-8-15-21-19-14-10-11-16-17(19)12-9-13-18(16)20/h10-11,14,18,20H,2-9,12-13,15H2,1H3. The summed E-state index contributed by atoms with van der Waals surface area (Å²) in [4.78, 5) is 0. The molecule has 0 radical (unpaired) electrons. The van der Waals surface area contributed by atoms with Gasteiger partial charge in [0, 0.05) is 0 Å². The maximum Gasteiger partial charge on any atom is 0.122 e. The van der Waals surface area contributed by atoms with Gasteiger partial charge in [-0.1, -0.05) is 57.6 Å². The summed E-state index contributed by atoms with van der Waals surface area (Å²) in [6, 6.07) is 6.10. The third kappa shape index (κ3) is 5.03. The Morgan fingerprint density at radius 1 is 1.10 bits per heavy atom. The average Bonchev–Trinajstić information content (AvgIpc) is 2.51. The lowest BCUT2D eigenvalue weighted by atomic mass is 9.89. The minimum Gasteiger partial charge on any atom is -0.493 e. The molecule has 0 spiro atoms. The zero-order chi connectivity index (χ0) is 14.9. The van der Waals surface area contributed by atoms with E-state index in [0.29, 0.717) is 0 Å². The molecule has 1 aromatic rings. The molecule has 1 atom stereocenters. The van der Waals surface area contributed by atoms with Gasteiger partial charge in [0.2, 0.25) is 0 Å². The van der Waals surface area contributed by atoms with Crippen LogP contribution >= 0.6 is 0 Å². The van der Waals surface area contributed by atoms with E-state index >= 15 is 0 Å². The second-order valence-corrected chi connectivity index (χ2v) is 6.20. The van der Waals surface area contributed by atoms with Crippen molar-refractivity contribution in [3.05, 3.63) is 29.3 Å². The third-order valence-corrected chi connectivity index (χ3v) is 4.44. The van der Waals surface area contributed by atoms with Gasteiger partial charge in [-0.3, -0.25) is 0 Å². The predicted molar refractivity (Wildman–Crippen MR) is 87.8 cm³/mol. The predicted octanol–water partition coefficient (Wildman–Crippen LogP) is 5.19. The summed E-state index contributed by atoms with van der Waals surface area (Å²) in [7, 11) is 0. The first-order valence-electron chi connectivity index (χ1n) is 8.75. The quantitative estimate of drug-likeness (QED) is 0.634. The van der Waals surface area contributed by atoms with Crippen molar-refractivity contribution in [1.82, 2.24) is 0 Å². The molecular weight excluding hydrogens is 260 g/mol. The zero-order valence-corrected chi connectivity index (χ0v) is 13.4. The molecule has 0 heterocycles. The lowest BCUT2D eigenvalue weighted by molar-refractivity contribution is 0.155. The van der Waals surface area contributed by atoms with Gasteiger partial charge in [-0.25, -0.2) is 0 Å². The van der Waals surface area contributed by atoms with Gasteiger partial charge in [0.15, 0.2) is 0 Å². The van der Waals surface area contributed by atoms with Crippen LogP contribution in [0.3, 0.4) is 0 Å². The van der Waals surface area contributed by atoms with Gasteiger partial charge in [0.05, 0.1) is 12.7 Å². The van der Waals surface area contributed by atoms with Crippen LogP contribution in [0.15, 0.2) is 18.2 Å². The van der Waals surface area contributed by atoms with Crippen molar-refractivity contribution in [1.29, 1.82) is 0 Å². The van der Waals surface area contributed by atoms with E-state index < -0.39 is 0 Å². The Labute approximate surface area is 129 Å². The molecule has 118 valence electrons. The molecule has 1 aromatic carbocycles. The molecular formula is C19H30O2. The molecule has 1 aliphatic rings. The van der Waals surface area contributed by atoms with Crippen molar-refractivity contribution in [2.75, 3.05) is 6.61 Å². The van der Waals surface area contributed by atoms with Crippen molar-refractivity contribution in [2.45, 2.75) is 77.2 Å². The van der Waals surface area contributed by atoms with Crippen LogP contribution in [0.4, 0.5) is 0 Å². The van der Waals surface area contributed by atoms with Crippen LogP contribution in [0.25, 0.3) is 0 Å². The highest BCUT2D eigenvalue weighted by Gasteiger charge is 2.20. The second-order valence-electron chi connectivity index (χ2n) is 6.20. The molecule has 2 rings (SSSR count). The van der Waals surface area contributed by atoms with Gasteiger partial charge in [0.1, 0.15) is 5.75 Å². The lowest BCUT2D eigenvalue weighted by Gasteiger charge is -2.23. The third-order valence-electron chi connectivity index (χ3n) is 4.44. The Morgan fingerprint density at radius 3 is 2.67 bits per heavy atom. The Kier molecular flexibility index (Phi) is 7.08. The molecule has 1 N–H and O–H groups in total. The maximum absolute atomic E-state index is 10.0. The van der Waals surface area contributed by atoms with Crippen LogP contribution in [0.2, 0.25) is 0 Å². The van der Waals surface area contributed by atoms with E-state index in [9.17, 15) is 5.11 Å². The van der Waals surface area contributed by atoms with E-state index in [2.05, 4.69) is 13.0 Å². The number of aliphatic hydroxyl groups is 1. The van der Waals surface area contributed by atoms with E-state index in [4.69, 9.17) is 4.74 Å². The molecule has 0 saturated carbocycles. The SMILES string of the molecule is CCCCCCCCCOc1cccc2c1CCCC2O.